The van der Waals surface area contributed by atoms with E-state index in [1.165, 1.54) is 6.42 Å². The standard InChI is InChI=1S/C23H38NO3P/c1-16(2)15-24-23(5,6)20-13-12-17(3)14-21(20)27-28(24,26)18(4)22(25)19-10-8-7-9-11-19/h7-11,16-18,20-22,25H,12-15H2,1-6H3/t17-,18-,20-,21-,22-,28+/m1/s1. The first-order chi connectivity index (χ1) is 13.1. The molecule has 0 radical (unpaired) electrons. The molecule has 1 aromatic rings. The van der Waals surface area contributed by atoms with Gasteiger partial charge in [-0.25, -0.2) is 4.67 Å². The fourth-order valence-corrected chi connectivity index (χ4v) is 8.49. The molecule has 4 nitrogen and oxygen atoms in total. The maximum Gasteiger partial charge on any atom is 0.278 e. The summed E-state index contributed by atoms with van der Waals surface area (Å²) in [4.78, 5) is 0. The van der Waals surface area contributed by atoms with Crippen LogP contribution in [0.25, 0.3) is 0 Å². The predicted octanol–water partition coefficient (Wildman–Crippen LogP) is 5.87. The molecular formula is C23H38NO3P. The van der Waals surface area contributed by atoms with Crippen LogP contribution in [0.15, 0.2) is 30.3 Å². The molecule has 0 aromatic heterocycles. The van der Waals surface area contributed by atoms with Crippen molar-refractivity contribution >= 4 is 7.52 Å². The lowest BCUT2D eigenvalue weighted by Gasteiger charge is -2.58. The first kappa shape index (κ1) is 22.0. The average molecular weight is 408 g/mol. The zero-order chi connectivity index (χ0) is 20.7. The van der Waals surface area contributed by atoms with Crippen LogP contribution in [-0.4, -0.2) is 33.6 Å². The summed E-state index contributed by atoms with van der Waals surface area (Å²) < 4.78 is 23.2. The Morgan fingerprint density at radius 3 is 2.46 bits per heavy atom. The largest absolute Gasteiger partial charge is 0.388 e. The predicted molar refractivity (Wildman–Crippen MR) is 115 cm³/mol. The van der Waals surface area contributed by atoms with Gasteiger partial charge in [0.2, 0.25) is 0 Å². The second kappa shape index (κ2) is 8.22. The third-order valence-electron chi connectivity index (χ3n) is 6.90. The third-order valence-corrected chi connectivity index (χ3v) is 10.1. The molecule has 158 valence electrons. The van der Waals surface area contributed by atoms with Crippen molar-refractivity contribution in [3.8, 4) is 0 Å². The molecule has 1 saturated carbocycles. The van der Waals surface area contributed by atoms with E-state index in [0.717, 1.165) is 24.9 Å². The molecule has 1 saturated heterocycles. The Kier molecular flexibility index (Phi) is 6.47. The molecule has 0 amide bonds. The molecule has 1 aliphatic carbocycles. The van der Waals surface area contributed by atoms with Crippen molar-refractivity contribution in [3.63, 3.8) is 0 Å². The summed E-state index contributed by atoms with van der Waals surface area (Å²) in [6, 6.07) is 9.57. The molecule has 0 spiro atoms. The summed E-state index contributed by atoms with van der Waals surface area (Å²) in [5.74, 6) is 1.35. The van der Waals surface area contributed by atoms with E-state index in [-0.39, 0.29) is 11.6 Å². The summed E-state index contributed by atoms with van der Waals surface area (Å²) >= 11 is 0. The molecule has 1 aliphatic heterocycles. The summed E-state index contributed by atoms with van der Waals surface area (Å²) in [7, 11) is -3.24. The van der Waals surface area contributed by atoms with Gasteiger partial charge in [-0.3, -0.25) is 4.57 Å². The van der Waals surface area contributed by atoms with Crippen LogP contribution < -0.4 is 0 Å². The normalized spacial score (nSPS) is 35.4. The number of fused-ring (bicyclic) bond motifs is 1. The lowest BCUT2D eigenvalue weighted by molar-refractivity contribution is -0.0548. The monoisotopic (exact) mass is 407 g/mol. The number of aliphatic hydroxyl groups is 1. The van der Waals surface area contributed by atoms with E-state index in [2.05, 4.69) is 39.3 Å². The van der Waals surface area contributed by atoms with Crippen LogP contribution in [0.2, 0.25) is 0 Å². The van der Waals surface area contributed by atoms with Crippen LogP contribution in [0.4, 0.5) is 0 Å². The van der Waals surface area contributed by atoms with E-state index in [0.29, 0.717) is 17.8 Å². The SMILES string of the molecule is CC(C)CN1C(C)(C)[C@@H]2CC[C@@H](C)C[C@H]2O[P@@]1(=O)[C@H](C)[C@@H](O)c1ccccc1. The highest BCUT2D eigenvalue weighted by atomic mass is 31.2. The van der Waals surface area contributed by atoms with Crippen LogP contribution >= 0.6 is 7.52 Å². The summed E-state index contributed by atoms with van der Waals surface area (Å²) in [5.41, 5.74) is 0.106. The van der Waals surface area contributed by atoms with Gasteiger partial charge >= 0.3 is 0 Å². The van der Waals surface area contributed by atoms with Gasteiger partial charge in [0.05, 0.1) is 17.9 Å². The number of hydrogen-bond acceptors (Lipinski definition) is 3. The van der Waals surface area contributed by atoms with Crippen molar-refractivity contribution in [2.24, 2.45) is 17.8 Å². The summed E-state index contributed by atoms with van der Waals surface area (Å²) in [6.45, 7) is 13.7. The van der Waals surface area contributed by atoms with Crippen LogP contribution in [0.1, 0.15) is 72.5 Å². The minimum absolute atomic E-state index is 0.0124. The van der Waals surface area contributed by atoms with Crippen LogP contribution in [0.3, 0.4) is 0 Å². The summed E-state index contributed by atoms with van der Waals surface area (Å²) in [5, 5.41) is 11.1. The fourth-order valence-electron chi connectivity index (χ4n) is 5.17. The highest BCUT2D eigenvalue weighted by molar-refractivity contribution is 7.57. The molecule has 1 N–H and O–H groups in total. The van der Waals surface area contributed by atoms with Gasteiger partial charge in [-0.1, -0.05) is 57.5 Å². The Balaban J connectivity index is 2.00. The first-order valence-electron chi connectivity index (χ1n) is 10.9. The van der Waals surface area contributed by atoms with Crippen LogP contribution in [0, 0.1) is 17.8 Å². The van der Waals surface area contributed by atoms with Crippen LogP contribution in [-0.2, 0) is 9.09 Å². The number of aliphatic hydroxyl groups excluding tert-OH is 1. The van der Waals surface area contributed by atoms with Gasteiger partial charge in [0.1, 0.15) is 0 Å². The van der Waals surface area contributed by atoms with Crippen LogP contribution in [0.5, 0.6) is 0 Å². The van der Waals surface area contributed by atoms with Crippen molar-refractivity contribution in [2.45, 2.75) is 84.2 Å². The Hall–Kier alpha value is -0.670. The Morgan fingerprint density at radius 2 is 1.86 bits per heavy atom. The minimum atomic E-state index is -3.24. The van der Waals surface area contributed by atoms with E-state index in [1.54, 1.807) is 0 Å². The molecule has 6 atom stereocenters. The zero-order valence-corrected chi connectivity index (χ0v) is 19.2. The molecule has 0 bridgehead atoms. The Labute approximate surface area is 171 Å². The summed E-state index contributed by atoms with van der Waals surface area (Å²) in [6.07, 6.45) is 2.48. The molecule has 2 aliphatic rings. The van der Waals surface area contributed by atoms with Gasteiger partial charge in [-0.05, 0) is 51.0 Å². The van der Waals surface area contributed by atoms with Crippen molar-refractivity contribution in [3.05, 3.63) is 35.9 Å². The van der Waals surface area contributed by atoms with E-state index in [4.69, 9.17) is 4.52 Å². The Bertz CT molecular complexity index is 705. The quantitative estimate of drug-likeness (QED) is 0.620. The lowest BCUT2D eigenvalue weighted by Crippen LogP contribution is -2.59. The van der Waals surface area contributed by atoms with Gasteiger partial charge in [0.15, 0.2) is 0 Å². The molecular weight excluding hydrogens is 369 g/mol. The van der Waals surface area contributed by atoms with Crippen molar-refractivity contribution in [1.82, 2.24) is 4.67 Å². The number of hydrogen-bond donors (Lipinski definition) is 1. The van der Waals surface area contributed by atoms with Crippen molar-refractivity contribution in [2.75, 3.05) is 6.54 Å². The molecule has 3 rings (SSSR count). The van der Waals surface area contributed by atoms with Gasteiger partial charge in [-0.2, -0.15) is 0 Å². The van der Waals surface area contributed by atoms with Crippen molar-refractivity contribution in [1.29, 1.82) is 0 Å². The molecule has 2 fully saturated rings. The number of rotatable bonds is 5. The molecule has 28 heavy (non-hydrogen) atoms. The smallest absolute Gasteiger partial charge is 0.278 e. The van der Waals surface area contributed by atoms with E-state index >= 15 is 0 Å². The maximum absolute atomic E-state index is 14.5. The van der Waals surface area contributed by atoms with E-state index in [9.17, 15) is 9.67 Å². The lowest BCUT2D eigenvalue weighted by atomic mass is 9.71. The zero-order valence-electron chi connectivity index (χ0n) is 18.3. The Morgan fingerprint density at radius 1 is 1.21 bits per heavy atom. The molecule has 0 unspecified atom stereocenters. The number of benzene rings is 1. The molecule has 1 heterocycles. The maximum atomic E-state index is 14.5. The van der Waals surface area contributed by atoms with Crippen molar-refractivity contribution < 1.29 is 14.2 Å². The minimum Gasteiger partial charge on any atom is -0.388 e. The second-order valence-electron chi connectivity index (χ2n) is 9.96. The first-order valence-corrected chi connectivity index (χ1v) is 12.5. The molecule has 5 heteroatoms. The third kappa shape index (κ3) is 3.99. The highest BCUT2D eigenvalue weighted by Gasteiger charge is 2.58. The topological polar surface area (TPSA) is 49.8 Å². The average Bonchev–Trinajstić information content (AvgIpc) is 2.64. The van der Waals surface area contributed by atoms with Gasteiger partial charge in [0.25, 0.3) is 7.52 Å². The molecule has 1 aromatic carbocycles. The van der Waals surface area contributed by atoms with E-state index in [1.807, 2.05) is 37.3 Å². The fraction of sp³-hybridized carbons (Fsp3) is 0.739. The number of nitrogens with zero attached hydrogens (tertiary/aromatic N) is 1. The van der Waals surface area contributed by atoms with E-state index < -0.39 is 19.3 Å². The van der Waals surface area contributed by atoms with Gasteiger partial charge in [-0.15, -0.1) is 0 Å². The highest BCUT2D eigenvalue weighted by Crippen LogP contribution is 2.68. The second-order valence-corrected chi connectivity index (χ2v) is 12.6. The van der Waals surface area contributed by atoms with Gasteiger partial charge < -0.3 is 9.63 Å². The van der Waals surface area contributed by atoms with Gasteiger partial charge in [0, 0.05) is 18.0 Å².